The van der Waals surface area contributed by atoms with Crippen molar-refractivity contribution < 1.29 is 13.9 Å². The van der Waals surface area contributed by atoms with E-state index in [1.54, 1.807) is 37.7 Å². The number of methoxy groups -OCH3 is 1. The van der Waals surface area contributed by atoms with Gasteiger partial charge in [0.2, 0.25) is 0 Å². The molecule has 0 amide bonds. The molecule has 0 saturated carbocycles. The predicted octanol–water partition coefficient (Wildman–Crippen LogP) is 3.79. The van der Waals surface area contributed by atoms with Crippen molar-refractivity contribution >= 4 is 6.02 Å². The highest BCUT2D eigenvalue weighted by Crippen LogP contribution is 2.40. The third-order valence-electron chi connectivity index (χ3n) is 5.02. The Bertz CT molecular complexity index is 1050. The number of pyridine rings is 1. The molecule has 0 saturated heterocycles. The zero-order valence-corrected chi connectivity index (χ0v) is 15.6. The number of nitrogens with two attached hydrogens (primary N) is 1. The number of rotatable bonds is 4. The Balaban J connectivity index is 1.89. The molecule has 1 aliphatic rings. The first-order valence-corrected chi connectivity index (χ1v) is 8.87. The Morgan fingerprint density at radius 2 is 1.93 bits per heavy atom. The van der Waals surface area contributed by atoms with E-state index in [0.717, 1.165) is 22.4 Å². The van der Waals surface area contributed by atoms with Gasteiger partial charge in [-0.25, -0.2) is 9.38 Å². The lowest BCUT2D eigenvalue weighted by Crippen LogP contribution is -2.27. The summed E-state index contributed by atoms with van der Waals surface area (Å²) in [4.78, 5) is 8.71. The molecule has 4 rings (SSSR count). The molecule has 0 spiro atoms. The van der Waals surface area contributed by atoms with Crippen LogP contribution < -0.4 is 10.5 Å². The molecule has 0 bridgehead atoms. The fourth-order valence-corrected chi connectivity index (χ4v) is 3.55. The molecule has 1 aliphatic heterocycles. The SMILES string of the molecule is COc1ccc(C2(c3ccc(F)c(-c4cccnc4)c3)COC(N)=N2)cc1C. The summed E-state index contributed by atoms with van der Waals surface area (Å²) in [6.45, 7) is 2.20. The lowest BCUT2D eigenvalue weighted by Gasteiger charge is -2.26. The monoisotopic (exact) mass is 377 g/mol. The van der Waals surface area contributed by atoms with Crippen molar-refractivity contribution in [1.82, 2.24) is 4.98 Å². The summed E-state index contributed by atoms with van der Waals surface area (Å²) in [6.07, 6.45) is 3.29. The molecule has 6 heteroatoms. The molecule has 2 heterocycles. The van der Waals surface area contributed by atoms with E-state index in [9.17, 15) is 4.39 Å². The number of hydrogen-bond donors (Lipinski definition) is 1. The lowest BCUT2D eigenvalue weighted by molar-refractivity contribution is 0.278. The number of hydrogen-bond acceptors (Lipinski definition) is 5. The average Bonchev–Trinajstić information content (AvgIpc) is 3.12. The van der Waals surface area contributed by atoms with Crippen LogP contribution in [0.4, 0.5) is 4.39 Å². The smallest absolute Gasteiger partial charge is 0.283 e. The molecule has 3 aromatic rings. The van der Waals surface area contributed by atoms with E-state index in [1.807, 2.05) is 31.2 Å². The minimum absolute atomic E-state index is 0.112. The minimum Gasteiger partial charge on any atom is -0.496 e. The van der Waals surface area contributed by atoms with Crippen molar-refractivity contribution in [3.05, 3.63) is 83.4 Å². The van der Waals surface area contributed by atoms with Gasteiger partial charge in [-0.1, -0.05) is 18.2 Å². The molecule has 5 nitrogen and oxygen atoms in total. The number of ether oxygens (including phenoxy) is 2. The van der Waals surface area contributed by atoms with Crippen molar-refractivity contribution in [1.29, 1.82) is 0 Å². The maximum Gasteiger partial charge on any atom is 0.283 e. The topological polar surface area (TPSA) is 69.7 Å². The molecule has 0 radical (unpaired) electrons. The highest BCUT2D eigenvalue weighted by atomic mass is 19.1. The van der Waals surface area contributed by atoms with E-state index in [4.69, 9.17) is 15.2 Å². The van der Waals surface area contributed by atoms with Gasteiger partial charge < -0.3 is 15.2 Å². The molecule has 0 fully saturated rings. The summed E-state index contributed by atoms with van der Waals surface area (Å²) in [6, 6.07) is 14.5. The molecule has 1 unspecified atom stereocenters. The number of amidine groups is 1. The lowest BCUT2D eigenvalue weighted by atomic mass is 9.82. The molecular formula is C22H20FN3O2. The van der Waals surface area contributed by atoms with Crippen molar-refractivity contribution in [3.63, 3.8) is 0 Å². The Kier molecular flexibility index (Phi) is 4.47. The van der Waals surface area contributed by atoms with Gasteiger partial charge in [-0.2, -0.15) is 0 Å². The van der Waals surface area contributed by atoms with Gasteiger partial charge in [-0.05, 0) is 53.9 Å². The van der Waals surface area contributed by atoms with Crippen LogP contribution in [0.3, 0.4) is 0 Å². The Hall–Kier alpha value is -3.41. The summed E-state index contributed by atoms with van der Waals surface area (Å²) in [5.41, 5.74) is 8.82. The number of nitrogens with zero attached hydrogens (tertiary/aromatic N) is 2. The standard InChI is InChI=1S/C22H20FN3O2/c1-14-10-16(6-8-20(14)27-2)22(13-28-21(24)26-22)17-5-7-19(23)18(11-17)15-4-3-9-25-12-15/h3-12H,13H2,1-2H3,(H2,24,26). The normalized spacial score (nSPS) is 18.5. The van der Waals surface area contributed by atoms with Gasteiger partial charge in [0.25, 0.3) is 6.02 Å². The first kappa shape index (κ1) is 18.0. The number of benzene rings is 2. The first-order valence-electron chi connectivity index (χ1n) is 8.87. The fourth-order valence-electron chi connectivity index (χ4n) is 3.55. The van der Waals surface area contributed by atoms with E-state index in [0.29, 0.717) is 11.1 Å². The van der Waals surface area contributed by atoms with Crippen molar-refractivity contribution in [2.24, 2.45) is 10.7 Å². The van der Waals surface area contributed by atoms with Crippen LogP contribution in [0.5, 0.6) is 5.75 Å². The number of halogens is 1. The van der Waals surface area contributed by atoms with E-state index >= 15 is 0 Å². The zero-order chi connectivity index (χ0) is 19.7. The number of aryl methyl sites for hydroxylation is 1. The summed E-state index contributed by atoms with van der Waals surface area (Å²) in [5, 5.41) is 0. The molecule has 28 heavy (non-hydrogen) atoms. The van der Waals surface area contributed by atoms with E-state index in [-0.39, 0.29) is 18.4 Å². The highest BCUT2D eigenvalue weighted by molar-refractivity contribution is 5.76. The second-order valence-electron chi connectivity index (χ2n) is 6.72. The van der Waals surface area contributed by atoms with Gasteiger partial charge >= 0.3 is 0 Å². The first-order chi connectivity index (χ1) is 13.5. The maximum atomic E-state index is 14.6. The second-order valence-corrected chi connectivity index (χ2v) is 6.72. The number of aliphatic imine (C=N–C) groups is 1. The third-order valence-corrected chi connectivity index (χ3v) is 5.02. The Morgan fingerprint density at radius 1 is 1.14 bits per heavy atom. The van der Waals surface area contributed by atoms with Gasteiger partial charge in [-0.3, -0.25) is 4.98 Å². The van der Waals surface area contributed by atoms with Crippen LogP contribution in [0.25, 0.3) is 11.1 Å². The summed E-state index contributed by atoms with van der Waals surface area (Å²) in [5.74, 6) is 0.457. The van der Waals surface area contributed by atoms with Crippen LogP contribution in [-0.2, 0) is 10.3 Å². The van der Waals surface area contributed by atoms with Crippen LogP contribution in [0, 0.1) is 12.7 Å². The molecule has 2 N–H and O–H groups in total. The van der Waals surface area contributed by atoms with Crippen molar-refractivity contribution in [2.45, 2.75) is 12.5 Å². The highest BCUT2D eigenvalue weighted by Gasteiger charge is 2.40. The molecular weight excluding hydrogens is 357 g/mol. The fraction of sp³-hybridized carbons (Fsp3) is 0.182. The van der Waals surface area contributed by atoms with Crippen LogP contribution in [-0.4, -0.2) is 24.7 Å². The van der Waals surface area contributed by atoms with Crippen LogP contribution in [0.15, 0.2) is 65.9 Å². The number of aromatic nitrogens is 1. The Morgan fingerprint density at radius 3 is 2.57 bits per heavy atom. The van der Waals surface area contributed by atoms with Crippen LogP contribution >= 0.6 is 0 Å². The van der Waals surface area contributed by atoms with E-state index in [1.165, 1.54) is 6.07 Å². The maximum absolute atomic E-state index is 14.6. The summed E-state index contributed by atoms with van der Waals surface area (Å²) >= 11 is 0. The zero-order valence-electron chi connectivity index (χ0n) is 15.6. The minimum atomic E-state index is -0.855. The Labute approximate surface area is 162 Å². The van der Waals surface area contributed by atoms with Gasteiger partial charge in [-0.15, -0.1) is 0 Å². The average molecular weight is 377 g/mol. The molecule has 0 aliphatic carbocycles. The molecule has 1 atom stereocenters. The second kappa shape index (κ2) is 6.96. The molecule has 2 aromatic carbocycles. The molecule has 142 valence electrons. The summed E-state index contributed by atoms with van der Waals surface area (Å²) in [7, 11) is 1.63. The van der Waals surface area contributed by atoms with Gasteiger partial charge in [0, 0.05) is 23.5 Å². The summed E-state index contributed by atoms with van der Waals surface area (Å²) < 4.78 is 25.5. The third kappa shape index (κ3) is 2.97. The van der Waals surface area contributed by atoms with E-state index in [2.05, 4.69) is 9.98 Å². The predicted molar refractivity (Wildman–Crippen MR) is 106 cm³/mol. The van der Waals surface area contributed by atoms with Gasteiger partial charge in [0.15, 0.2) is 5.54 Å². The van der Waals surface area contributed by atoms with Crippen molar-refractivity contribution in [2.75, 3.05) is 13.7 Å². The quantitative estimate of drug-likeness (QED) is 0.751. The van der Waals surface area contributed by atoms with Crippen molar-refractivity contribution in [3.8, 4) is 16.9 Å². The van der Waals surface area contributed by atoms with Crippen LogP contribution in [0.2, 0.25) is 0 Å². The van der Waals surface area contributed by atoms with Gasteiger partial charge in [0.05, 0.1) is 7.11 Å². The largest absolute Gasteiger partial charge is 0.496 e. The van der Waals surface area contributed by atoms with Crippen LogP contribution in [0.1, 0.15) is 16.7 Å². The van der Waals surface area contributed by atoms with E-state index < -0.39 is 5.54 Å². The van der Waals surface area contributed by atoms with Gasteiger partial charge in [0.1, 0.15) is 18.2 Å². The molecule has 1 aromatic heterocycles.